The largest absolute Gasteiger partial charge is 0.395 e. The Morgan fingerprint density at radius 1 is 1.10 bits per heavy atom. The summed E-state index contributed by atoms with van der Waals surface area (Å²) in [4.78, 5) is 0. The molecule has 116 valence electrons. The number of hydrogen-bond donors (Lipinski definition) is 0. The molecule has 0 N–H and O–H groups in total. The Hall–Kier alpha value is -0.730. The number of allylic oxidation sites excluding steroid dienone is 4. The normalized spacial score (nSPS) is 22.6. The van der Waals surface area contributed by atoms with Gasteiger partial charge in [-0.25, -0.2) is 0 Å². The molecular formula is C17H27F3. The minimum atomic E-state index is -4.13. The highest BCUT2D eigenvalue weighted by molar-refractivity contribution is 5.28. The van der Waals surface area contributed by atoms with Crippen molar-refractivity contribution in [1.82, 2.24) is 0 Å². The Morgan fingerprint density at radius 3 is 1.95 bits per heavy atom. The molecule has 0 radical (unpaired) electrons. The lowest BCUT2D eigenvalue weighted by molar-refractivity contribution is -0.160. The van der Waals surface area contributed by atoms with E-state index in [1.54, 1.807) is 12.2 Å². The molecule has 0 spiro atoms. The lowest BCUT2D eigenvalue weighted by Gasteiger charge is -2.37. The third-order valence-corrected chi connectivity index (χ3v) is 3.81. The third kappa shape index (κ3) is 4.99. The summed E-state index contributed by atoms with van der Waals surface area (Å²) in [6.45, 7) is 13.0. The Bertz CT molecular complexity index is 386. The van der Waals surface area contributed by atoms with Crippen LogP contribution < -0.4 is 0 Å². The van der Waals surface area contributed by atoms with Crippen LogP contribution in [0.3, 0.4) is 0 Å². The van der Waals surface area contributed by atoms with Crippen LogP contribution in [0.15, 0.2) is 23.8 Å². The smallest absolute Gasteiger partial charge is 0.170 e. The Balaban J connectivity index is 2.91. The second-order valence-corrected chi connectivity index (χ2v) is 8.13. The molecule has 0 nitrogen and oxygen atoms in total. The Kier molecular flexibility index (Phi) is 4.83. The van der Waals surface area contributed by atoms with Gasteiger partial charge >= 0.3 is 6.18 Å². The highest BCUT2D eigenvalue weighted by Gasteiger charge is 2.39. The van der Waals surface area contributed by atoms with Crippen LogP contribution in [0.5, 0.6) is 0 Å². The molecule has 1 rings (SSSR count). The van der Waals surface area contributed by atoms with E-state index in [0.29, 0.717) is 0 Å². The van der Waals surface area contributed by atoms with Gasteiger partial charge < -0.3 is 0 Å². The molecular weight excluding hydrogens is 261 g/mol. The zero-order valence-electron chi connectivity index (χ0n) is 13.4. The standard InChI is InChI=1S/C17H27F3/c1-15(2,3)11-14(16(4,5)6)12-7-9-13(10-8-12)17(18,19)20/h7-9,13-14H,10-11H2,1-6H3. The topological polar surface area (TPSA) is 0 Å². The van der Waals surface area contributed by atoms with Gasteiger partial charge in [0.15, 0.2) is 0 Å². The molecule has 0 bridgehead atoms. The van der Waals surface area contributed by atoms with Crippen LogP contribution in [-0.2, 0) is 0 Å². The van der Waals surface area contributed by atoms with Gasteiger partial charge in [0, 0.05) is 0 Å². The second-order valence-electron chi connectivity index (χ2n) is 8.13. The summed E-state index contributed by atoms with van der Waals surface area (Å²) >= 11 is 0. The van der Waals surface area contributed by atoms with Crippen molar-refractivity contribution in [3.05, 3.63) is 23.8 Å². The van der Waals surface area contributed by atoms with Gasteiger partial charge in [0.25, 0.3) is 0 Å². The summed E-state index contributed by atoms with van der Waals surface area (Å²) in [5.74, 6) is -1.03. The molecule has 0 aliphatic heterocycles. The molecule has 0 aromatic rings. The highest BCUT2D eigenvalue weighted by atomic mass is 19.4. The number of halogens is 3. The van der Waals surface area contributed by atoms with Crippen molar-refractivity contribution in [3.8, 4) is 0 Å². The number of hydrogen-bond acceptors (Lipinski definition) is 0. The fourth-order valence-electron chi connectivity index (χ4n) is 2.67. The van der Waals surface area contributed by atoms with Gasteiger partial charge in [0.05, 0.1) is 5.92 Å². The van der Waals surface area contributed by atoms with Gasteiger partial charge in [-0.1, -0.05) is 59.8 Å². The van der Waals surface area contributed by atoms with E-state index in [4.69, 9.17) is 0 Å². The van der Waals surface area contributed by atoms with Gasteiger partial charge in [-0.2, -0.15) is 13.2 Å². The molecule has 2 atom stereocenters. The summed E-state index contributed by atoms with van der Waals surface area (Å²) in [6, 6.07) is 0. The molecule has 3 heteroatoms. The minimum absolute atomic E-state index is 0.0501. The Labute approximate surface area is 121 Å². The van der Waals surface area contributed by atoms with Crippen molar-refractivity contribution in [2.45, 2.75) is 60.6 Å². The fraction of sp³-hybridized carbons (Fsp3) is 0.765. The molecule has 0 saturated carbocycles. The van der Waals surface area contributed by atoms with E-state index in [1.807, 2.05) is 0 Å². The van der Waals surface area contributed by atoms with E-state index in [0.717, 1.165) is 12.0 Å². The Morgan fingerprint density at radius 2 is 1.65 bits per heavy atom. The predicted molar refractivity (Wildman–Crippen MR) is 78.4 cm³/mol. The van der Waals surface area contributed by atoms with Crippen molar-refractivity contribution in [1.29, 1.82) is 0 Å². The van der Waals surface area contributed by atoms with Crippen LogP contribution in [0, 0.1) is 22.7 Å². The van der Waals surface area contributed by atoms with Crippen molar-refractivity contribution >= 4 is 0 Å². The second kappa shape index (κ2) is 5.57. The third-order valence-electron chi connectivity index (χ3n) is 3.81. The molecule has 0 fully saturated rings. The quantitative estimate of drug-likeness (QED) is 0.571. The average molecular weight is 288 g/mol. The maximum absolute atomic E-state index is 12.7. The molecule has 0 aromatic carbocycles. The first-order chi connectivity index (χ1) is 8.81. The van der Waals surface area contributed by atoms with Crippen LogP contribution in [0.1, 0.15) is 54.4 Å². The molecule has 2 unspecified atom stereocenters. The lowest BCUT2D eigenvalue weighted by atomic mass is 9.68. The van der Waals surface area contributed by atoms with E-state index < -0.39 is 12.1 Å². The van der Waals surface area contributed by atoms with E-state index in [1.165, 1.54) is 6.08 Å². The van der Waals surface area contributed by atoms with Gasteiger partial charge in [-0.15, -0.1) is 0 Å². The zero-order valence-corrected chi connectivity index (χ0v) is 13.4. The SMILES string of the molecule is CC(C)(C)CC(C1=CCC(C(F)(F)F)C=C1)C(C)(C)C. The monoisotopic (exact) mass is 288 g/mol. The fourth-order valence-corrected chi connectivity index (χ4v) is 2.67. The summed E-state index contributed by atoms with van der Waals surface area (Å²) in [7, 11) is 0. The molecule has 1 aliphatic carbocycles. The van der Waals surface area contributed by atoms with Crippen molar-refractivity contribution < 1.29 is 13.2 Å². The van der Waals surface area contributed by atoms with Crippen LogP contribution in [0.4, 0.5) is 13.2 Å². The van der Waals surface area contributed by atoms with Gasteiger partial charge in [0.2, 0.25) is 0 Å². The molecule has 20 heavy (non-hydrogen) atoms. The van der Waals surface area contributed by atoms with Crippen molar-refractivity contribution in [3.63, 3.8) is 0 Å². The van der Waals surface area contributed by atoms with Crippen LogP contribution in [0.2, 0.25) is 0 Å². The maximum Gasteiger partial charge on any atom is 0.395 e. The number of alkyl halides is 3. The first-order valence-corrected chi connectivity index (χ1v) is 7.26. The van der Waals surface area contributed by atoms with Gasteiger partial charge in [-0.3, -0.25) is 0 Å². The van der Waals surface area contributed by atoms with Crippen molar-refractivity contribution in [2.24, 2.45) is 22.7 Å². The highest BCUT2D eigenvalue weighted by Crippen LogP contribution is 2.43. The molecule has 0 aromatic heterocycles. The average Bonchev–Trinajstić information content (AvgIpc) is 2.22. The molecule has 0 heterocycles. The van der Waals surface area contributed by atoms with Crippen LogP contribution in [0.25, 0.3) is 0 Å². The van der Waals surface area contributed by atoms with E-state index in [-0.39, 0.29) is 23.2 Å². The number of rotatable bonds is 2. The van der Waals surface area contributed by atoms with Crippen LogP contribution in [-0.4, -0.2) is 6.18 Å². The molecule has 0 amide bonds. The predicted octanol–water partition coefficient (Wildman–Crippen LogP) is 6.15. The zero-order chi connectivity index (χ0) is 15.8. The van der Waals surface area contributed by atoms with Gasteiger partial charge in [-0.05, 0) is 35.2 Å². The maximum atomic E-state index is 12.7. The molecule has 1 aliphatic rings. The molecule has 0 saturated heterocycles. The van der Waals surface area contributed by atoms with E-state index >= 15 is 0 Å². The lowest BCUT2D eigenvalue weighted by Crippen LogP contribution is -2.29. The summed E-state index contributed by atoms with van der Waals surface area (Å²) in [6.07, 6.45) is 1.75. The minimum Gasteiger partial charge on any atom is -0.170 e. The van der Waals surface area contributed by atoms with Crippen molar-refractivity contribution in [2.75, 3.05) is 0 Å². The summed E-state index contributed by atoms with van der Waals surface area (Å²) in [5, 5.41) is 0. The first kappa shape index (κ1) is 17.3. The first-order valence-electron chi connectivity index (χ1n) is 7.26. The summed E-state index contributed by atoms with van der Waals surface area (Å²) < 4.78 is 38.1. The summed E-state index contributed by atoms with van der Waals surface area (Å²) in [5.41, 5.74) is 1.27. The van der Waals surface area contributed by atoms with Crippen LogP contribution >= 0.6 is 0 Å². The van der Waals surface area contributed by atoms with E-state index in [2.05, 4.69) is 41.5 Å². The van der Waals surface area contributed by atoms with Gasteiger partial charge in [0.1, 0.15) is 0 Å². The van der Waals surface area contributed by atoms with E-state index in [9.17, 15) is 13.2 Å².